The molecule has 4 heteroatoms. The van der Waals surface area contributed by atoms with Crippen molar-refractivity contribution < 1.29 is 9.59 Å². The van der Waals surface area contributed by atoms with E-state index < -0.39 is 6.04 Å². The molecule has 0 spiro atoms. The van der Waals surface area contributed by atoms with Gasteiger partial charge in [0.05, 0.1) is 6.42 Å². The summed E-state index contributed by atoms with van der Waals surface area (Å²) in [5, 5.41) is 2.86. The van der Waals surface area contributed by atoms with Crippen LogP contribution in [-0.2, 0) is 22.6 Å². The van der Waals surface area contributed by atoms with Gasteiger partial charge >= 0.3 is 0 Å². The second-order valence-corrected chi connectivity index (χ2v) is 6.49. The summed E-state index contributed by atoms with van der Waals surface area (Å²) in [4.78, 5) is 27.3. The Hall–Kier alpha value is -2.62. The molecule has 0 fully saturated rings. The van der Waals surface area contributed by atoms with Crippen LogP contribution in [0.4, 0.5) is 0 Å². The maximum atomic E-state index is 13.1. The van der Waals surface area contributed by atoms with Crippen LogP contribution in [0.5, 0.6) is 0 Å². The number of nitrogens with zero attached hydrogens (tertiary/aromatic N) is 1. The third-order valence-electron chi connectivity index (χ3n) is 4.41. The van der Waals surface area contributed by atoms with E-state index in [-0.39, 0.29) is 11.8 Å². The Bertz CT molecular complexity index is 711. The van der Waals surface area contributed by atoms with E-state index in [1.807, 2.05) is 75.4 Å². The standard InChI is InChI=1S/C22H28N2O2/c1-4-20(22(26)23-5-2)24(16-19-9-7-6-8-10-19)21(25)15-18-13-11-17(3)12-14-18/h6-14,20H,4-5,15-16H2,1-3H3,(H,23,26). The molecule has 4 nitrogen and oxygen atoms in total. The van der Waals surface area contributed by atoms with Crippen molar-refractivity contribution in [3.8, 4) is 0 Å². The Morgan fingerprint density at radius 1 is 0.962 bits per heavy atom. The summed E-state index contributed by atoms with van der Waals surface area (Å²) in [5.41, 5.74) is 3.15. The molecule has 0 aromatic heterocycles. The van der Waals surface area contributed by atoms with Crippen molar-refractivity contribution in [1.29, 1.82) is 0 Å². The number of rotatable bonds is 8. The summed E-state index contributed by atoms with van der Waals surface area (Å²) in [6, 6.07) is 17.3. The number of hydrogen-bond acceptors (Lipinski definition) is 2. The van der Waals surface area contributed by atoms with Crippen molar-refractivity contribution in [2.45, 2.75) is 46.2 Å². The van der Waals surface area contributed by atoms with Gasteiger partial charge in [0.1, 0.15) is 6.04 Å². The number of hydrogen-bond donors (Lipinski definition) is 1. The van der Waals surface area contributed by atoms with Crippen LogP contribution in [0.3, 0.4) is 0 Å². The zero-order valence-electron chi connectivity index (χ0n) is 15.9. The fourth-order valence-corrected chi connectivity index (χ4v) is 2.97. The second-order valence-electron chi connectivity index (χ2n) is 6.49. The molecule has 0 heterocycles. The van der Waals surface area contributed by atoms with Crippen molar-refractivity contribution >= 4 is 11.8 Å². The highest BCUT2D eigenvalue weighted by Gasteiger charge is 2.28. The first kappa shape index (κ1) is 19.7. The molecule has 0 aliphatic rings. The van der Waals surface area contributed by atoms with Gasteiger partial charge in [-0.1, -0.05) is 67.1 Å². The van der Waals surface area contributed by atoms with Gasteiger partial charge in [0.25, 0.3) is 0 Å². The largest absolute Gasteiger partial charge is 0.355 e. The molecule has 0 radical (unpaired) electrons. The van der Waals surface area contributed by atoms with Crippen molar-refractivity contribution in [2.75, 3.05) is 6.54 Å². The van der Waals surface area contributed by atoms with E-state index in [4.69, 9.17) is 0 Å². The summed E-state index contributed by atoms with van der Waals surface area (Å²) < 4.78 is 0. The van der Waals surface area contributed by atoms with E-state index in [0.717, 1.165) is 16.7 Å². The van der Waals surface area contributed by atoms with Gasteiger partial charge in [-0.25, -0.2) is 0 Å². The molecule has 0 saturated carbocycles. The maximum absolute atomic E-state index is 13.1. The van der Waals surface area contributed by atoms with Gasteiger partial charge in [-0.3, -0.25) is 9.59 Å². The lowest BCUT2D eigenvalue weighted by Gasteiger charge is -2.30. The molecule has 2 aromatic carbocycles. The first-order valence-electron chi connectivity index (χ1n) is 9.21. The minimum atomic E-state index is -0.465. The number of nitrogens with one attached hydrogen (secondary N) is 1. The van der Waals surface area contributed by atoms with Crippen LogP contribution in [-0.4, -0.2) is 29.3 Å². The van der Waals surface area contributed by atoms with Gasteiger partial charge in [0.15, 0.2) is 0 Å². The Balaban J connectivity index is 2.24. The molecule has 0 aliphatic carbocycles. The highest BCUT2D eigenvalue weighted by Crippen LogP contribution is 2.15. The van der Waals surface area contributed by atoms with E-state index in [1.54, 1.807) is 4.90 Å². The molecule has 1 atom stereocenters. The van der Waals surface area contributed by atoms with Crippen LogP contribution >= 0.6 is 0 Å². The second kappa shape index (κ2) is 9.76. The van der Waals surface area contributed by atoms with Crippen molar-refractivity contribution in [2.24, 2.45) is 0 Å². The van der Waals surface area contributed by atoms with E-state index >= 15 is 0 Å². The Labute approximate surface area is 156 Å². The van der Waals surface area contributed by atoms with Crippen molar-refractivity contribution in [3.63, 3.8) is 0 Å². The zero-order chi connectivity index (χ0) is 18.9. The van der Waals surface area contributed by atoms with Gasteiger partial charge < -0.3 is 10.2 Å². The third kappa shape index (κ3) is 5.45. The molecule has 2 aromatic rings. The molecule has 1 unspecified atom stereocenters. The summed E-state index contributed by atoms with van der Waals surface area (Å²) in [7, 11) is 0. The number of likely N-dealkylation sites (N-methyl/N-ethyl adjacent to an activating group) is 1. The van der Waals surface area contributed by atoms with Crippen LogP contribution in [0.2, 0.25) is 0 Å². The van der Waals surface area contributed by atoms with Crippen LogP contribution in [0, 0.1) is 6.92 Å². The first-order valence-corrected chi connectivity index (χ1v) is 9.21. The Kier molecular flexibility index (Phi) is 7.39. The molecule has 0 bridgehead atoms. The molecule has 0 aliphatic heterocycles. The first-order chi connectivity index (χ1) is 12.5. The van der Waals surface area contributed by atoms with Crippen LogP contribution < -0.4 is 5.32 Å². The highest BCUT2D eigenvalue weighted by molar-refractivity contribution is 5.88. The summed E-state index contributed by atoms with van der Waals surface area (Å²) in [6.45, 7) is 6.84. The number of carbonyl (C=O) groups excluding carboxylic acids is 2. The van der Waals surface area contributed by atoms with Crippen molar-refractivity contribution in [1.82, 2.24) is 10.2 Å². The third-order valence-corrected chi connectivity index (χ3v) is 4.41. The van der Waals surface area contributed by atoms with Gasteiger partial charge in [0, 0.05) is 13.1 Å². The zero-order valence-corrected chi connectivity index (χ0v) is 15.9. The SMILES string of the molecule is CCNC(=O)C(CC)N(Cc1ccccc1)C(=O)Cc1ccc(C)cc1. The van der Waals surface area contributed by atoms with E-state index in [9.17, 15) is 9.59 Å². The van der Waals surface area contributed by atoms with Crippen molar-refractivity contribution in [3.05, 3.63) is 71.3 Å². The lowest BCUT2D eigenvalue weighted by Crippen LogP contribution is -2.49. The molecule has 26 heavy (non-hydrogen) atoms. The van der Waals surface area contributed by atoms with Crippen LogP contribution in [0.15, 0.2) is 54.6 Å². The minimum Gasteiger partial charge on any atom is -0.355 e. The van der Waals surface area contributed by atoms with E-state index in [2.05, 4.69) is 5.32 Å². The Morgan fingerprint density at radius 3 is 2.19 bits per heavy atom. The molecule has 2 rings (SSSR count). The minimum absolute atomic E-state index is 0.0317. The summed E-state index contributed by atoms with van der Waals surface area (Å²) in [5.74, 6) is -0.126. The molecule has 0 saturated heterocycles. The van der Waals surface area contributed by atoms with E-state index in [0.29, 0.717) is 25.9 Å². The lowest BCUT2D eigenvalue weighted by molar-refractivity contribution is -0.140. The Morgan fingerprint density at radius 2 is 1.62 bits per heavy atom. The van der Waals surface area contributed by atoms with Crippen LogP contribution in [0.1, 0.15) is 37.0 Å². The van der Waals surface area contributed by atoms with Crippen LogP contribution in [0.25, 0.3) is 0 Å². The number of benzene rings is 2. The monoisotopic (exact) mass is 352 g/mol. The predicted octanol–water partition coefficient (Wildman–Crippen LogP) is 3.48. The molecular formula is C22H28N2O2. The van der Waals surface area contributed by atoms with Gasteiger partial charge in [-0.15, -0.1) is 0 Å². The molecule has 1 N–H and O–H groups in total. The fourth-order valence-electron chi connectivity index (χ4n) is 2.97. The molecule has 2 amide bonds. The normalized spacial score (nSPS) is 11.7. The van der Waals surface area contributed by atoms with Gasteiger partial charge in [-0.2, -0.15) is 0 Å². The number of carbonyl (C=O) groups is 2. The predicted molar refractivity (Wildman–Crippen MR) is 105 cm³/mol. The summed E-state index contributed by atoms with van der Waals surface area (Å²) >= 11 is 0. The molecular weight excluding hydrogens is 324 g/mol. The summed E-state index contributed by atoms with van der Waals surface area (Å²) in [6.07, 6.45) is 0.876. The average molecular weight is 352 g/mol. The molecule has 138 valence electrons. The fraction of sp³-hybridized carbons (Fsp3) is 0.364. The average Bonchev–Trinajstić information content (AvgIpc) is 2.64. The quantitative estimate of drug-likeness (QED) is 0.791. The maximum Gasteiger partial charge on any atom is 0.242 e. The smallest absolute Gasteiger partial charge is 0.242 e. The van der Waals surface area contributed by atoms with E-state index in [1.165, 1.54) is 0 Å². The van der Waals surface area contributed by atoms with Gasteiger partial charge in [0.2, 0.25) is 11.8 Å². The number of amides is 2. The topological polar surface area (TPSA) is 49.4 Å². The van der Waals surface area contributed by atoms with Gasteiger partial charge in [-0.05, 0) is 31.4 Å². The lowest BCUT2D eigenvalue weighted by atomic mass is 10.1. The highest BCUT2D eigenvalue weighted by atomic mass is 16.2. The number of aryl methyl sites for hydroxylation is 1.